The monoisotopic (exact) mass is 111 g/mol. The normalized spacial score (nSPS) is 9.62. The summed E-state index contributed by atoms with van der Waals surface area (Å²) >= 11 is 0. The van der Waals surface area contributed by atoms with Gasteiger partial charge in [0.1, 0.15) is 5.82 Å². The molecule has 0 aliphatic rings. The van der Waals surface area contributed by atoms with Crippen molar-refractivity contribution in [3.63, 3.8) is 0 Å². The maximum absolute atomic E-state index is 5.42. The number of hydrogen-bond acceptors (Lipinski definition) is 2. The predicted molar refractivity (Wildman–Crippen MR) is 34.2 cm³/mol. The molecule has 0 amide bonds. The molecule has 1 aromatic heterocycles. The van der Waals surface area contributed by atoms with Gasteiger partial charge in [-0.15, -0.1) is 0 Å². The van der Waals surface area contributed by atoms with Crippen LogP contribution in [0.5, 0.6) is 0 Å². The van der Waals surface area contributed by atoms with E-state index in [4.69, 9.17) is 11.5 Å². The maximum Gasteiger partial charge on any atom is 0.105 e. The van der Waals surface area contributed by atoms with Crippen LogP contribution < -0.4 is 11.5 Å². The number of aryl methyl sites for hydroxylation is 1. The van der Waals surface area contributed by atoms with Gasteiger partial charge in [0.15, 0.2) is 0 Å². The van der Waals surface area contributed by atoms with E-state index in [2.05, 4.69) is 0 Å². The van der Waals surface area contributed by atoms with E-state index in [9.17, 15) is 0 Å². The highest BCUT2D eigenvalue weighted by atomic mass is 15.0. The molecular weight excluding hydrogens is 102 g/mol. The van der Waals surface area contributed by atoms with Gasteiger partial charge in [0.25, 0.3) is 0 Å². The van der Waals surface area contributed by atoms with Gasteiger partial charge in [0, 0.05) is 19.3 Å². The van der Waals surface area contributed by atoms with Crippen LogP contribution in [0.2, 0.25) is 0 Å². The van der Waals surface area contributed by atoms with Crippen molar-refractivity contribution >= 4 is 11.5 Å². The highest BCUT2D eigenvalue weighted by Crippen LogP contribution is 2.08. The Labute approximate surface area is 47.9 Å². The number of rotatable bonds is 0. The minimum Gasteiger partial charge on any atom is -0.397 e. The van der Waals surface area contributed by atoms with Gasteiger partial charge >= 0.3 is 0 Å². The molecule has 0 saturated heterocycles. The SMILES string of the molecule is Cn1cc(N)cc1N. The van der Waals surface area contributed by atoms with Crippen molar-refractivity contribution in [3.8, 4) is 0 Å². The summed E-state index contributed by atoms with van der Waals surface area (Å²) in [7, 11) is 1.85. The van der Waals surface area contributed by atoms with Gasteiger partial charge in [-0.05, 0) is 0 Å². The highest BCUT2D eigenvalue weighted by Gasteiger charge is 1.91. The minimum absolute atomic E-state index is 0.697. The molecule has 0 saturated carbocycles. The van der Waals surface area contributed by atoms with Crippen molar-refractivity contribution in [2.24, 2.45) is 7.05 Å². The number of hydrogen-bond donors (Lipinski definition) is 2. The standard InChI is InChI=1S/C5H9N3/c1-8-3-4(6)2-5(8)7/h2-3H,6-7H2,1H3. The molecule has 0 unspecified atom stereocenters. The molecule has 0 radical (unpaired) electrons. The van der Waals surface area contributed by atoms with Crippen LogP contribution in [0, 0.1) is 0 Å². The Hall–Kier alpha value is -1.12. The van der Waals surface area contributed by atoms with E-state index < -0.39 is 0 Å². The van der Waals surface area contributed by atoms with Crippen LogP contribution in [-0.4, -0.2) is 4.57 Å². The molecule has 44 valence electrons. The number of anilines is 2. The Morgan fingerprint density at radius 2 is 2.12 bits per heavy atom. The fourth-order valence-electron chi connectivity index (χ4n) is 0.608. The molecule has 0 atom stereocenters. The summed E-state index contributed by atoms with van der Waals surface area (Å²) in [5.41, 5.74) is 11.5. The summed E-state index contributed by atoms with van der Waals surface area (Å²) in [6.07, 6.45) is 1.77. The fraction of sp³-hybridized carbons (Fsp3) is 0.200. The fourth-order valence-corrected chi connectivity index (χ4v) is 0.608. The third-order valence-corrected chi connectivity index (χ3v) is 1.06. The maximum atomic E-state index is 5.42. The van der Waals surface area contributed by atoms with Crippen molar-refractivity contribution in [2.45, 2.75) is 0 Å². The Balaban J connectivity index is 3.14. The third kappa shape index (κ3) is 0.621. The number of aromatic nitrogens is 1. The van der Waals surface area contributed by atoms with Crippen molar-refractivity contribution in [2.75, 3.05) is 11.5 Å². The molecule has 1 rings (SSSR count). The van der Waals surface area contributed by atoms with Gasteiger partial charge in [0.05, 0.1) is 5.69 Å². The highest BCUT2D eigenvalue weighted by molar-refractivity contribution is 5.48. The summed E-state index contributed by atoms with van der Waals surface area (Å²) in [5.74, 6) is 0.697. The summed E-state index contributed by atoms with van der Waals surface area (Å²) < 4.78 is 1.77. The molecule has 0 aliphatic carbocycles. The van der Waals surface area contributed by atoms with Gasteiger partial charge in [-0.3, -0.25) is 0 Å². The minimum atomic E-state index is 0.697. The number of nitrogens with zero attached hydrogens (tertiary/aromatic N) is 1. The quantitative estimate of drug-likeness (QED) is 0.502. The molecule has 3 heteroatoms. The molecule has 0 fully saturated rings. The number of nitrogens with two attached hydrogens (primary N) is 2. The van der Waals surface area contributed by atoms with Crippen LogP contribution in [0.4, 0.5) is 11.5 Å². The largest absolute Gasteiger partial charge is 0.397 e. The predicted octanol–water partition coefficient (Wildman–Crippen LogP) is 0.190. The van der Waals surface area contributed by atoms with E-state index in [0.29, 0.717) is 11.5 Å². The first-order valence-corrected chi connectivity index (χ1v) is 2.37. The van der Waals surface area contributed by atoms with E-state index in [-0.39, 0.29) is 0 Å². The first kappa shape index (κ1) is 5.03. The van der Waals surface area contributed by atoms with Gasteiger partial charge in [-0.2, -0.15) is 0 Å². The zero-order valence-electron chi connectivity index (χ0n) is 4.76. The summed E-state index contributed by atoms with van der Waals surface area (Å²) in [6.45, 7) is 0. The summed E-state index contributed by atoms with van der Waals surface area (Å²) in [5, 5.41) is 0. The van der Waals surface area contributed by atoms with Crippen LogP contribution in [-0.2, 0) is 7.05 Å². The first-order chi connectivity index (χ1) is 3.70. The lowest BCUT2D eigenvalue weighted by Crippen LogP contribution is -1.92. The Kier molecular flexibility index (Phi) is 0.901. The molecule has 0 spiro atoms. The van der Waals surface area contributed by atoms with Crippen LogP contribution in [0.3, 0.4) is 0 Å². The van der Waals surface area contributed by atoms with Crippen molar-refractivity contribution in [3.05, 3.63) is 12.3 Å². The second-order valence-electron chi connectivity index (χ2n) is 1.81. The lowest BCUT2D eigenvalue weighted by Gasteiger charge is -1.89. The zero-order chi connectivity index (χ0) is 6.15. The van der Waals surface area contributed by atoms with Crippen molar-refractivity contribution < 1.29 is 0 Å². The van der Waals surface area contributed by atoms with Crippen molar-refractivity contribution in [1.29, 1.82) is 0 Å². The van der Waals surface area contributed by atoms with E-state index in [1.165, 1.54) is 0 Å². The molecule has 0 bridgehead atoms. The molecule has 3 nitrogen and oxygen atoms in total. The topological polar surface area (TPSA) is 57.0 Å². The van der Waals surface area contributed by atoms with Gasteiger partial charge in [0.2, 0.25) is 0 Å². The Morgan fingerprint density at radius 1 is 1.50 bits per heavy atom. The second kappa shape index (κ2) is 1.43. The van der Waals surface area contributed by atoms with Crippen LogP contribution in [0.25, 0.3) is 0 Å². The lowest BCUT2D eigenvalue weighted by atomic mass is 10.5. The van der Waals surface area contributed by atoms with Gasteiger partial charge in [-0.1, -0.05) is 0 Å². The Bertz CT molecular complexity index is 170. The smallest absolute Gasteiger partial charge is 0.105 e. The van der Waals surface area contributed by atoms with Crippen LogP contribution >= 0.6 is 0 Å². The molecule has 0 aromatic carbocycles. The van der Waals surface area contributed by atoms with Gasteiger partial charge < -0.3 is 16.0 Å². The average Bonchev–Trinajstić information content (AvgIpc) is 1.85. The van der Waals surface area contributed by atoms with E-state index in [1.54, 1.807) is 16.8 Å². The molecular formula is C5H9N3. The molecule has 1 heterocycles. The van der Waals surface area contributed by atoms with E-state index >= 15 is 0 Å². The summed E-state index contributed by atoms with van der Waals surface area (Å²) in [6, 6.07) is 1.72. The average molecular weight is 111 g/mol. The van der Waals surface area contributed by atoms with Crippen LogP contribution in [0.15, 0.2) is 12.3 Å². The zero-order valence-corrected chi connectivity index (χ0v) is 4.76. The second-order valence-corrected chi connectivity index (χ2v) is 1.81. The van der Waals surface area contributed by atoms with E-state index in [0.717, 1.165) is 0 Å². The summed E-state index contributed by atoms with van der Waals surface area (Å²) in [4.78, 5) is 0. The number of nitrogen functional groups attached to an aromatic ring is 2. The van der Waals surface area contributed by atoms with Gasteiger partial charge in [-0.25, -0.2) is 0 Å². The van der Waals surface area contributed by atoms with E-state index in [1.807, 2.05) is 7.05 Å². The molecule has 1 aromatic rings. The first-order valence-electron chi connectivity index (χ1n) is 2.37. The molecule has 8 heavy (non-hydrogen) atoms. The molecule has 4 N–H and O–H groups in total. The lowest BCUT2D eigenvalue weighted by molar-refractivity contribution is 0.942. The van der Waals surface area contributed by atoms with Crippen LogP contribution in [0.1, 0.15) is 0 Å². The third-order valence-electron chi connectivity index (χ3n) is 1.06. The Morgan fingerprint density at radius 3 is 2.25 bits per heavy atom. The molecule has 0 aliphatic heterocycles. The van der Waals surface area contributed by atoms with Crippen molar-refractivity contribution in [1.82, 2.24) is 4.57 Å².